The number of nitrogens with zero attached hydrogens (tertiary/aromatic N) is 5. The van der Waals surface area contributed by atoms with Gasteiger partial charge in [0.15, 0.2) is 17.0 Å². The summed E-state index contributed by atoms with van der Waals surface area (Å²) in [6, 6.07) is 0.599. The molecule has 7 heteroatoms. The van der Waals surface area contributed by atoms with Crippen LogP contribution in [0.1, 0.15) is 32.5 Å². The third-order valence-corrected chi connectivity index (χ3v) is 5.41. The van der Waals surface area contributed by atoms with E-state index in [1.54, 1.807) is 0 Å². The van der Waals surface area contributed by atoms with Crippen molar-refractivity contribution in [3.63, 3.8) is 0 Å². The van der Waals surface area contributed by atoms with Crippen molar-refractivity contribution in [3.05, 3.63) is 11.1 Å². The van der Waals surface area contributed by atoms with Gasteiger partial charge >= 0.3 is 0 Å². The van der Waals surface area contributed by atoms with Crippen LogP contribution in [0.15, 0.2) is 0 Å². The molecule has 2 bridgehead atoms. The average molecular weight is 320 g/mol. The fourth-order valence-electron chi connectivity index (χ4n) is 4.08. The predicted molar refractivity (Wildman–Crippen MR) is 83.2 cm³/mol. The van der Waals surface area contributed by atoms with Gasteiger partial charge < -0.3 is 14.2 Å². The molecule has 2 aromatic heterocycles. The van der Waals surface area contributed by atoms with Gasteiger partial charge in [-0.05, 0) is 44.2 Å². The van der Waals surface area contributed by atoms with Crippen LogP contribution < -0.4 is 4.90 Å². The minimum Gasteiger partial charge on any atom is -0.366 e. The fourth-order valence-corrected chi connectivity index (χ4v) is 4.24. The summed E-state index contributed by atoms with van der Waals surface area (Å²) in [4.78, 5) is 16.2. The van der Waals surface area contributed by atoms with Crippen molar-refractivity contribution in [3.8, 4) is 0 Å². The summed E-state index contributed by atoms with van der Waals surface area (Å²) in [6.07, 6.45) is 2.54. The quantitative estimate of drug-likeness (QED) is 0.755. The molecule has 1 saturated carbocycles. The summed E-state index contributed by atoms with van der Waals surface area (Å²) in [7, 11) is 0. The maximum absolute atomic E-state index is 6.21. The number of rotatable bonds is 1. The summed E-state index contributed by atoms with van der Waals surface area (Å²) in [5.74, 6) is 2.63. The molecule has 3 aliphatic heterocycles. The van der Waals surface area contributed by atoms with E-state index in [1.165, 1.54) is 12.8 Å². The van der Waals surface area contributed by atoms with Crippen LogP contribution in [-0.2, 0) is 16.9 Å². The molecule has 0 aromatic carbocycles. The Labute approximate surface area is 133 Å². The molecule has 0 N–H and O–H groups in total. The highest BCUT2D eigenvalue weighted by Gasteiger charge is 2.44. The molecule has 22 heavy (non-hydrogen) atoms. The van der Waals surface area contributed by atoms with Gasteiger partial charge in [-0.25, -0.2) is 4.98 Å². The van der Waals surface area contributed by atoms with Crippen molar-refractivity contribution in [1.29, 1.82) is 0 Å². The van der Waals surface area contributed by atoms with Gasteiger partial charge in [-0.15, -0.1) is 0 Å². The summed E-state index contributed by atoms with van der Waals surface area (Å²) in [5, 5.41) is 0.304. The molecule has 2 saturated heterocycles. The first-order valence-corrected chi connectivity index (χ1v) is 8.25. The van der Waals surface area contributed by atoms with E-state index in [9.17, 15) is 0 Å². The Morgan fingerprint density at radius 3 is 2.77 bits per heavy atom. The van der Waals surface area contributed by atoms with Crippen LogP contribution in [0, 0.1) is 5.92 Å². The Hall–Kier alpha value is -1.40. The van der Waals surface area contributed by atoms with Gasteiger partial charge in [0.2, 0.25) is 5.28 Å². The van der Waals surface area contributed by atoms with Crippen LogP contribution in [0.5, 0.6) is 0 Å². The van der Waals surface area contributed by atoms with Crippen LogP contribution in [0.25, 0.3) is 11.2 Å². The lowest BCUT2D eigenvalue weighted by Gasteiger charge is -2.30. The maximum Gasteiger partial charge on any atom is 0.226 e. The molecule has 116 valence electrons. The molecule has 0 atom stereocenters. The van der Waals surface area contributed by atoms with Crippen LogP contribution in [0.3, 0.4) is 0 Å². The van der Waals surface area contributed by atoms with Crippen LogP contribution in [0.4, 0.5) is 5.82 Å². The number of hydrogen-bond donors (Lipinski definition) is 0. The van der Waals surface area contributed by atoms with Crippen molar-refractivity contribution in [1.82, 2.24) is 19.5 Å². The number of aromatic nitrogens is 4. The zero-order valence-corrected chi connectivity index (χ0v) is 13.5. The molecule has 6 nitrogen and oxygen atoms in total. The Morgan fingerprint density at radius 2 is 2.05 bits per heavy atom. The Bertz CT molecular complexity index is 780. The Kier molecular flexibility index (Phi) is 2.45. The number of ether oxygens (including phenoxy) is 1. The second-order valence-corrected chi connectivity index (χ2v) is 7.42. The van der Waals surface area contributed by atoms with Crippen LogP contribution >= 0.6 is 11.6 Å². The van der Waals surface area contributed by atoms with E-state index >= 15 is 0 Å². The molecule has 0 radical (unpaired) electrons. The Morgan fingerprint density at radius 1 is 1.23 bits per heavy atom. The first-order chi connectivity index (χ1) is 10.5. The van der Waals surface area contributed by atoms with Crippen molar-refractivity contribution < 1.29 is 4.74 Å². The average Bonchev–Trinajstić information content (AvgIpc) is 3.08. The third-order valence-electron chi connectivity index (χ3n) is 5.24. The molecule has 0 amide bonds. The van der Waals surface area contributed by atoms with E-state index in [4.69, 9.17) is 21.3 Å². The monoisotopic (exact) mass is 319 g/mol. The topological polar surface area (TPSA) is 56.1 Å². The van der Waals surface area contributed by atoms with Gasteiger partial charge in [-0.2, -0.15) is 9.97 Å². The number of halogens is 1. The summed E-state index contributed by atoms with van der Waals surface area (Å²) in [6.45, 7) is 6.58. The number of hydrogen-bond acceptors (Lipinski definition) is 5. The molecular weight excluding hydrogens is 302 g/mol. The normalized spacial score (nSPS) is 28.8. The van der Waals surface area contributed by atoms with Gasteiger partial charge in [0.05, 0.1) is 6.61 Å². The zero-order valence-electron chi connectivity index (χ0n) is 12.7. The highest BCUT2D eigenvalue weighted by molar-refractivity contribution is 6.28. The Balaban J connectivity index is 1.76. The van der Waals surface area contributed by atoms with Gasteiger partial charge in [-0.3, -0.25) is 0 Å². The van der Waals surface area contributed by atoms with Gasteiger partial charge in [0.25, 0.3) is 0 Å². The lowest BCUT2D eigenvalue weighted by Crippen LogP contribution is -2.33. The second kappa shape index (κ2) is 4.11. The fraction of sp³-hybridized carbons (Fsp3) is 0.667. The molecule has 2 aromatic rings. The molecular formula is C15H18ClN5O. The minimum atomic E-state index is -0.407. The molecule has 4 aliphatic rings. The van der Waals surface area contributed by atoms with Gasteiger partial charge in [0, 0.05) is 19.1 Å². The first-order valence-electron chi connectivity index (χ1n) is 7.88. The summed E-state index contributed by atoms with van der Waals surface area (Å²) >= 11 is 6.21. The maximum atomic E-state index is 6.21. The second-order valence-electron chi connectivity index (χ2n) is 7.08. The molecule has 0 spiro atoms. The van der Waals surface area contributed by atoms with Gasteiger partial charge in [-0.1, -0.05) is 0 Å². The number of fused-ring (bicyclic) bond motifs is 4. The minimum absolute atomic E-state index is 0.304. The number of anilines is 1. The highest BCUT2D eigenvalue weighted by atomic mass is 35.5. The SMILES string of the molecule is CC1(C)OCCn2c1nc1c(N3CC4CC3C4)nc(Cl)nc12. The summed E-state index contributed by atoms with van der Waals surface area (Å²) < 4.78 is 8.00. The summed E-state index contributed by atoms with van der Waals surface area (Å²) in [5.41, 5.74) is 1.30. The van der Waals surface area contributed by atoms with Crippen molar-refractivity contribution in [2.45, 2.75) is 44.9 Å². The van der Waals surface area contributed by atoms with E-state index in [1.807, 2.05) is 13.8 Å². The molecule has 0 unspecified atom stereocenters. The lowest BCUT2D eigenvalue weighted by atomic mass is 9.86. The largest absolute Gasteiger partial charge is 0.366 e. The molecule has 1 aliphatic carbocycles. The lowest BCUT2D eigenvalue weighted by molar-refractivity contribution is -0.0530. The van der Waals surface area contributed by atoms with E-state index in [0.29, 0.717) is 17.9 Å². The van der Waals surface area contributed by atoms with Crippen LogP contribution in [0.2, 0.25) is 5.28 Å². The third kappa shape index (κ3) is 1.62. The first kappa shape index (κ1) is 13.1. The van der Waals surface area contributed by atoms with E-state index < -0.39 is 5.60 Å². The van der Waals surface area contributed by atoms with Gasteiger partial charge in [0.1, 0.15) is 11.4 Å². The molecule has 5 heterocycles. The predicted octanol–water partition coefficient (Wildman–Crippen LogP) is 2.34. The highest BCUT2D eigenvalue weighted by Crippen LogP contribution is 2.44. The molecule has 6 rings (SSSR count). The smallest absolute Gasteiger partial charge is 0.226 e. The number of imidazole rings is 1. The zero-order chi connectivity index (χ0) is 15.1. The standard InChI is InChI=1S/C15H18ClN5O/c1-15(2)13-17-10-11(20(13)3-4-22-15)18-14(16)19-12(10)21-7-8-5-9(21)6-8/h8-9H,3-7H2,1-2H3. The van der Waals surface area contributed by atoms with E-state index in [0.717, 1.165) is 41.8 Å². The van der Waals surface area contributed by atoms with Crippen molar-refractivity contribution >= 4 is 28.6 Å². The van der Waals surface area contributed by atoms with Crippen LogP contribution in [-0.4, -0.2) is 38.7 Å². The van der Waals surface area contributed by atoms with E-state index in [2.05, 4.69) is 19.4 Å². The molecule has 3 fully saturated rings. The van der Waals surface area contributed by atoms with Crippen molar-refractivity contribution in [2.75, 3.05) is 18.1 Å². The van der Waals surface area contributed by atoms with E-state index in [-0.39, 0.29) is 0 Å². The van der Waals surface area contributed by atoms with Crippen molar-refractivity contribution in [2.24, 2.45) is 5.92 Å².